The lowest BCUT2D eigenvalue weighted by atomic mass is 9.64. The van der Waals surface area contributed by atoms with Gasteiger partial charge in [-0.2, -0.15) is 0 Å². The molecule has 4 nitrogen and oxygen atoms in total. The van der Waals surface area contributed by atoms with Crippen LogP contribution in [0, 0.1) is 28.6 Å². The fourth-order valence-electron chi connectivity index (χ4n) is 5.00. The number of carbonyl (C=O) groups excluding carboxylic acids is 1. The maximum atomic E-state index is 12.5. The van der Waals surface area contributed by atoms with Crippen molar-refractivity contribution in [1.82, 2.24) is 0 Å². The summed E-state index contributed by atoms with van der Waals surface area (Å²) in [6.45, 7) is 22.1. The first-order chi connectivity index (χ1) is 13.1. The number of rotatable bonds is 7. The Balaban J connectivity index is 2.34. The monoisotopic (exact) mass is 404 g/mol. The average Bonchev–Trinajstić information content (AvgIpc) is 2.91. The van der Waals surface area contributed by atoms with Crippen molar-refractivity contribution < 1.29 is 19.3 Å². The van der Waals surface area contributed by atoms with E-state index in [0.717, 1.165) is 32.1 Å². The molecule has 2 bridgehead atoms. The molecule has 0 spiro atoms. The Morgan fingerprint density at radius 2 is 1.79 bits per heavy atom. The Morgan fingerprint density at radius 3 is 2.24 bits per heavy atom. The van der Waals surface area contributed by atoms with E-state index < -0.39 is 11.2 Å². The van der Waals surface area contributed by atoms with E-state index in [1.165, 1.54) is 0 Å². The Hall–Kier alpha value is -1.31. The van der Waals surface area contributed by atoms with E-state index in [4.69, 9.17) is 14.5 Å². The van der Waals surface area contributed by atoms with E-state index >= 15 is 0 Å². The molecule has 2 saturated carbocycles. The molecule has 0 saturated heterocycles. The molecule has 164 valence electrons. The first-order valence-electron chi connectivity index (χ1n) is 10.9. The van der Waals surface area contributed by atoms with Crippen LogP contribution >= 0.6 is 0 Å². The van der Waals surface area contributed by atoms with Crippen molar-refractivity contribution >= 4 is 5.97 Å². The van der Waals surface area contributed by atoms with Crippen LogP contribution in [0.1, 0.15) is 94.4 Å². The van der Waals surface area contributed by atoms with Crippen LogP contribution in [0.5, 0.6) is 0 Å². The molecule has 2 aliphatic rings. The lowest BCUT2D eigenvalue weighted by molar-refractivity contribution is -0.389. The first kappa shape index (κ1) is 24.0. The first-order valence-corrected chi connectivity index (χ1v) is 10.9. The molecule has 0 amide bonds. The molecule has 0 aromatic carbocycles. The summed E-state index contributed by atoms with van der Waals surface area (Å²) in [4.78, 5) is 24.0. The van der Waals surface area contributed by atoms with Gasteiger partial charge in [0.1, 0.15) is 0 Å². The highest BCUT2D eigenvalue weighted by Crippen LogP contribution is 2.70. The van der Waals surface area contributed by atoms with Crippen LogP contribution in [0.3, 0.4) is 0 Å². The summed E-state index contributed by atoms with van der Waals surface area (Å²) in [6.07, 6.45) is 4.79. The molecule has 3 atom stereocenters. The summed E-state index contributed by atoms with van der Waals surface area (Å²) in [7, 11) is 0. The van der Waals surface area contributed by atoms with E-state index in [1.807, 2.05) is 27.7 Å². The molecule has 2 aliphatic carbocycles. The van der Waals surface area contributed by atoms with Gasteiger partial charge < -0.3 is 4.74 Å². The molecule has 0 aliphatic heterocycles. The van der Waals surface area contributed by atoms with Gasteiger partial charge in [-0.1, -0.05) is 52.5 Å². The number of hydrogen-bond acceptors (Lipinski definition) is 4. The maximum absolute atomic E-state index is 12.5. The van der Waals surface area contributed by atoms with Crippen molar-refractivity contribution in [3.8, 4) is 11.8 Å². The van der Waals surface area contributed by atoms with E-state index in [2.05, 4.69) is 46.1 Å². The minimum absolute atomic E-state index is 0.0433. The third kappa shape index (κ3) is 4.42. The summed E-state index contributed by atoms with van der Waals surface area (Å²) in [5, 5.41) is 0. The zero-order valence-corrected chi connectivity index (χ0v) is 20.0. The van der Waals surface area contributed by atoms with E-state index in [0.29, 0.717) is 11.5 Å². The van der Waals surface area contributed by atoms with Gasteiger partial charge in [0.2, 0.25) is 0 Å². The molecule has 0 radical (unpaired) electrons. The number of fused-ring (bicyclic) bond motifs is 2. The van der Waals surface area contributed by atoms with Gasteiger partial charge in [0, 0.05) is 17.4 Å². The van der Waals surface area contributed by atoms with Gasteiger partial charge in [-0.15, -0.1) is 0 Å². The lowest BCUT2D eigenvalue weighted by Gasteiger charge is -2.44. The minimum Gasteiger partial charge on any atom is -0.442 e. The van der Waals surface area contributed by atoms with E-state index in [9.17, 15) is 4.79 Å². The molecule has 2 rings (SSSR count). The minimum atomic E-state index is -0.838. The van der Waals surface area contributed by atoms with Crippen LogP contribution in [0.4, 0.5) is 0 Å². The maximum Gasteiger partial charge on any atom is 0.334 e. The molecule has 2 fully saturated rings. The molecular weight excluding hydrogens is 364 g/mol. The van der Waals surface area contributed by atoms with Crippen LogP contribution in [0.15, 0.2) is 12.2 Å². The van der Waals surface area contributed by atoms with Gasteiger partial charge >= 0.3 is 5.97 Å². The highest BCUT2D eigenvalue weighted by molar-refractivity contribution is 5.87. The van der Waals surface area contributed by atoms with Gasteiger partial charge in [0.25, 0.3) is 0 Å². The second kappa shape index (κ2) is 7.75. The highest BCUT2D eigenvalue weighted by atomic mass is 17.2. The zero-order valence-electron chi connectivity index (χ0n) is 20.0. The zero-order chi connectivity index (χ0) is 22.3. The molecule has 0 heterocycles. The van der Waals surface area contributed by atoms with Gasteiger partial charge in [0.05, 0.1) is 5.60 Å². The predicted octanol–water partition coefficient (Wildman–Crippen LogP) is 6.00. The fourth-order valence-corrected chi connectivity index (χ4v) is 5.00. The summed E-state index contributed by atoms with van der Waals surface area (Å²) in [6, 6.07) is 0. The van der Waals surface area contributed by atoms with Crippen molar-refractivity contribution in [2.75, 3.05) is 0 Å². The molecule has 0 unspecified atom stereocenters. The number of ether oxygens (including phenoxy) is 1. The van der Waals surface area contributed by atoms with Gasteiger partial charge in [-0.05, 0) is 65.2 Å². The van der Waals surface area contributed by atoms with Crippen molar-refractivity contribution in [3.05, 3.63) is 12.2 Å². The smallest absolute Gasteiger partial charge is 0.334 e. The third-order valence-corrected chi connectivity index (χ3v) is 7.37. The number of esters is 1. The molecule has 0 N–H and O–H groups in total. The number of hydrogen-bond donors (Lipinski definition) is 0. The van der Waals surface area contributed by atoms with Crippen LogP contribution < -0.4 is 0 Å². The van der Waals surface area contributed by atoms with Crippen LogP contribution in [-0.2, 0) is 19.3 Å². The standard InChI is InChI=1S/C25H40O4/c1-11-13-21(4,5)28-29-22(6,7)15-16-25(27-20(26)18(2)3)17-19-12-14-24(25,10)23(19,8)9/h19H,2,11-14,17H2,1,3-10H3/t19-,24+,25-/m0/s1. The van der Waals surface area contributed by atoms with E-state index in [-0.39, 0.29) is 22.4 Å². The normalized spacial score (nSPS) is 30.6. The van der Waals surface area contributed by atoms with E-state index in [1.54, 1.807) is 6.92 Å². The Morgan fingerprint density at radius 1 is 1.17 bits per heavy atom. The molecule has 0 aromatic heterocycles. The van der Waals surface area contributed by atoms with Crippen molar-refractivity contribution in [2.24, 2.45) is 16.7 Å². The molecule has 29 heavy (non-hydrogen) atoms. The predicted molar refractivity (Wildman–Crippen MR) is 116 cm³/mol. The highest BCUT2D eigenvalue weighted by Gasteiger charge is 2.70. The van der Waals surface area contributed by atoms with Crippen LogP contribution in [-0.4, -0.2) is 22.8 Å². The average molecular weight is 405 g/mol. The van der Waals surface area contributed by atoms with Crippen molar-refractivity contribution in [2.45, 2.75) is 111 Å². The topological polar surface area (TPSA) is 44.8 Å². The molecule has 0 aromatic rings. The summed E-state index contributed by atoms with van der Waals surface area (Å²) >= 11 is 0. The van der Waals surface area contributed by atoms with Gasteiger partial charge in [-0.3, -0.25) is 0 Å². The van der Waals surface area contributed by atoms with Crippen LogP contribution in [0.25, 0.3) is 0 Å². The lowest BCUT2D eigenvalue weighted by Crippen LogP contribution is -2.50. The van der Waals surface area contributed by atoms with Crippen molar-refractivity contribution in [1.29, 1.82) is 0 Å². The largest absolute Gasteiger partial charge is 0.442 e. The SMILES string of the molecule is C=C(C)C(=O)O[C@@]1(C#CC(C)(C)OOC(C)(C)CCC)C[C@@H]2CC[C@]1(C)C2(C)C. The summed E-state index contributed by atoms with van der Waals surface area (Å²) in [5.41, 5.74) is -1.82. The number of carbonyl (C=O) groups is 1. The third-order valence-electron chi connectivity index (χ3n) is 7.37. The Bertz CT molecular complexity index is 721. The van der Waals surface area contributed by atoms with Gasteiger partial charge in [-0.25, -0.2) is 14.6 Å². The van der Waals surface area contributed by atoms with Crippen LogP contribution in [0.2, 0.25) is 0 Å². The van der Waals surface area contributed by atoms with Gasteiger partial charge in [0.15, 0.2) is 11.2 Å². The summed E-state index contributed by atoms with van der Waals surface area (Å²) in [5.74, 6) is 6.73. The quantitative estimate of drug-likeness (QED) is 0.172. The summed E-state index contributed by atoms with van der Waals surface area (Å²) < 4.78 is 6.10. The molecule has 4 heteroatoms. The Labute approximate surface area is 177 Å². The Kier molecular flexibility index (Phi) is 6.40. The van der Waals surface area contributed by atoms with Crippen molar-refractivity contribution in [3.63, 3.8) is 0 Å². The second-order valence-electron chi connectivity index (χ2n) is 10.9. The second-order valence-corrected chi connectivity index (χ2v) is 10.9. The fraction of sp³-hybridized carbons (Fsp3) is 0.800. The molecular formula is C25H40O4.